The van der Waals surface area contributed by atoms with Crippen LogP contribution >= 0.6 is 0 Å². The number of pyridine rings is 2. The molecule has 0 aliphatic carbocycles. The summed E-state index contributed by atoms with van der Waals surface area (Å²) in [5, 5.41) is 0.942. The number of carbonyl (C=O) groups excluding carboxylic acids is 1. The molecule has 0 saturated heterocycles. The fraction of sp³-hybridized carbons (Fsp3) is 0.118. The summed E-state index contributed by atoms with van der Waals surface area (Å²) in [5.74, 6) is 0.491. The lowest BCUT2D eigenvalue weighted by molar-refractivity contribution is 0.103. The van der Waals surface area contributed by atoms with Gasteiger partial charge in [-0.05, 0) is 25.1 Å². The van der Waals surface area contributed by atoms with Gasteiger partial charge in [-0.1, -0.05) is 18.2 Å². The topological polar surface area (TPSA) is 52.1 Å². The number of ketones is 1. The number of hydrogen-bond acceptors (Lipinski definition) is 4. The van der Waals surface area contributed by atoms with Gasteiger partial charge in [-0.3, -0.25) is 14.8 Å². The molecule has 0 bridgehead atoms. The maximum Gasteiger partial charge on any atom is 0.196 e. The van der Waals surface area contributed by atoms with Crippen molar-refractivity contribution >= 4 is 16.7 Å². The summed E-state index contributed by atoms with van der Waals surface area (Å²) in [5.41, 5.74) is 1.77. The standard InChI is InChI=1S/C17H14N2O2/c1-2-21-14-9-13(10-18-11-14)17(20)15-7-3-5-12-6-4-8-19-16(12)15/h3-11H,2H2,1H3. The summed E-state index contributed by atoms with van der Waals surface area (Å²) in [6.07, 6.45) is 4.84. The summed E-state index contributed by atoms with van der Waals surface area (Å²) in [7, 11) is 0. The minimum atomic E-state index is -0.103. The Balaban J connectivity index is 2.06. The third-order valence-electron chi connectivity index (χ3n) is 3.16. The molecule has 3 rings (SSSR count). The Bertz CT molecular complexity index is 794. The average Bonchev–Trinajstić information content (AvgIpc) is 2.54. The predicted molar refractivity (Wildman–Crippen MR) is 80.6 cm³/mol. The lowest BCUT2D eigenvalue weighted by Gasteiger charge is -2.07. The van der Waals surface area contributed by atoms with Crippen LogP contribution in [0.4, 0.5) is 0 Å². The largest absolute Gasteiger partial charge is 0.492 e. The molecule has 1 aromatic carbocycles. The van der Waals surface area contributed by atoms with Crippen molar-refractivity contribution in [2.75, 3.05) is 6.61 Å². The summed E-state index contributed by atoms with van der Waals surface area (Å²) in [6.45, 7) is 2.43. The molecule has 0 amide bonds. The van der Waals surface area contributed by atoms with Crippen molar-refractivity contribution in [1.82, 2.24) is 9.97 Å². The molecule has 0 spiro atoms. The van der Waals surface area contributed by atoms with Crippen LogP contribution in [0, 0.1) is 0 Å². The quantitative estimate of drug-likeness (QED) is 0.687. The van der Waals surface area contributed by atoms with E-state index < -0.39 is 0 Å². The fourth-order valence-electron chi connectivity index (χ4n) is 2.23. The molecule has 0 atom stereocenters. The Labute approximate surface area is 122 Å². The van der Waals surface area contributed by atoms with E-state index in [2.05, 4.69) is 9.97 Å². The second kappa shape index (κ2) is 5.71. The van der Waals surface area contributed by atoms with Crippen LogP contribution < -0.4 is 4.74 Å². The Morgan fingerprint density at radius 1 is 1.19 bits per heavy atom. The zero-order chi connectivity index (χ0) is 14.7. The molecule has 21 heavy (non-hydrogen) atoms. The van der Waals surface area contributed by atoms with E-state index in [0.29, 0.717) is 29.0 Å². The van der Waals surface area contributed by atoms with Crippen molar-refractivity contribution in [2.24, 2.45) is 0 Å². The van der Waals surface area contributed by atoms with Crippen LogP contribution in [0.3, 0.4) is 0 Å². The van der Waals surface area contributed by atoms with Crippen LogP contribution in [0.5, 0.6) is 5.75 Å². The molecule has 0 aliphatic heterocycles. The van der Waals surface area contributed by atoms with Gasteiger partial charge in [0.15, 0.2) is 5.78 Å². The molecule has 0 fully saturated rings. The maximum atomic E-state index is 12.7. The lowest BCUT2D eigenvalue weighted by Crippen LogP contribution is -2.04. The number of fused-ring (bicyclic) bond motifs is 1. The number of benzene rings is 1. The van der Waals surface area contributed by atoms with Crippen LogP contribution in [0.2, 0.25) is 0 Å². The molecular weight excluding hydrogens is 264 g/mol. The number of aromatic nitrogens is 2. The van der Waals surface area contributed by atoms with Crippen molar-refractivity contribution in [3.63, 3.8) is 0 Å². The van der Waals surface area contributed by atoms with Gasteiger partial charge in [0, 0.05) is 28.9 Å². The second-order valence-electron chi connectivity index (χ2n) is 4.55. The van der Waals surface area contributed by atoms with Crippen LogP contribution in [0.25, 0.3) is 10.9 Å². The van der Waals surface area contributed by atoms with E-state index in [-0.39, 0.29) is 5.78 Å². The molecule has 104 valence electrons. The molecule has 0 saturated carbocycles. The smallest absolute Gasteiger partial charge is 0.196 e. The monoisotopic (exact) mass is 278 g/mol. The molecule has 3 aromatic rings. The molecular formula is C17H14N2O2. The predicted octanol–water partition coefficient (Wildman–Crippen LogP) is 3.26. The zero-order valence-corrected chi connectivity index (χ0v) is 11.6. The number of hydrogen-bond donors (Lipinski definition) is 0. The molecule has 4 heteroatoms. The minimum absolute atomic E-state index is 0.103. The number of nitrogens with zero attached hydrogens (tertiary/aromatic N) is 2. The highest BCUT2D eigenvalue weighted by Gasteiger charge is 2.14. The maximum absolute atomic E-state index is 12.7. The van der Waals surface area contributed by atoms with Crippen molar-refractivity contribution in [2.45, 2.75) is 6.92 Å². The fourth-order valence-corrected chi connectivity index (χ4v) is 2.23. The van der Waals surface area contributed by atoms with Crippen LogP contribution in [0.1, 0.15) is 22.8 Å². The third-order valence-corrected chi connectivity index (χ3v) is 3.16. The van der Waals surface area contributed by atoms with Gasteiger partial charge in [0.25, 0.3) is 0 Å². The van der Waals surface area contributed by atoms with Crippen molar-refractivity contribution in [3.8, 4) is 5.75 Å². The Morgan fingerprint density at radius 3 is 2.90 bits per heavy atom. The number of para-hydroxylation sites is 1. The Hall–Kier alpha value is -2.75. The number of rotatable bonds is 4. The highest BCUT2D eigenvalue weighted by Crippen LogP contribution is 2.20. The van der Waals surface area contributed by atoms with Crippen LogP contribution in [-0.2, 0) is 0 Å². The van der Waals surface area contributed by atoms with Crippen molar-refractivity contribution < 1.29 is 9.53 Å². The van der Waals surface area contributed by atoms with Gasteiger partial charge < -0.3 is 4.74 Å². The highest BCUT2D eigenvalue weighted by molar-refractivity contribution is 6.15. The zero-order valence-electron chi connectivity index (χ0n) is 11.6. The van der Waals surface area contributed by atoms with Gasteiger partial charge in [-0.25, -0.2) is 0 Å². The Kier molecular flexibility index (Phi) is 3.60. The molecule has 0 N–H and O–H groups in total. The first-order valence-electron chi connectivity index (χ1n) is 6.76. The van der Waals surface area contributed by atoms with E-state index in [1.165, 1.54) is 0 Å². The SMILES string of the molecule is CCOc1cncc(C(=O)c2cccc3cccnc23)c1. The minimum Gasteiger partial charge on any atom is -0.492 e. The first-order valence-corrected chi connectivity index (χ1v) is 6.76. The van der Waals surface area contributed by atoms with Gasteiger partial charge in [0.05, 0.1) is 18.3 Å². The van der Waals surface area contributed by atoms with Crippen LogP contribution in [0.15, 0.2) is 55.0 Å². The van der Waals surface area contributed by atoms with Gasteiger partial charge in [-0.2, -0.15) is 0 Å². The lowest BCUT2D eigenvalue weighted by atomic mass is 10.0. The first kappa shape index (κ1) is 13.2. The van der Waals surface area contributed by atoms with Crippen molar-refractivity contribution in [1.29, 1.82) is 0 Å². The van der Waals surface area contributed by atoms with E-state index in [9.17, 15) is 4.79 Å². The van der Waals surface area contributed by atoms with Crippen molar-refractivity contribution in [3.05, 3.63) is 66.1 Å². The highest BCUT2D eigenvalue weighted by atomic mass is 16.5. The molecule has 4 nitrogen and oxygen atoms in total. The van der Waals surface area contributed by atoms with E-state index >= 15 is 0 Å². The molecule has 0 aliphatic rings. The summed E-state index contributed by atoms with van der Waals surface area (Å²) in [6, 6.07) is 11.1. The van der Waals surface area contributed by atoms with Gasteiger partial charge in [0.2, 0.25) is 0 Å². The molecule has 0 unspecified atom stereocenters. The summed E-state index contributed by atoms with van der Waals surface area (Å²) >= 11 is 0. The van der Waals surface area contributed by atoms with E-state index in [0.717, 1.165) is 5.39 Å². The summed E-state index contributed by atoms with van der Waals surface area (Å²) in [4.78, 5) is 21.1. The molecule has 2 heterocycles. The second-order valence-corrected chi connectivity index (χ2v) is 4.55. The van der Waals surface area contributed by atoms with E-state index in [1.54, 1.807) is 30.7 Å². The number of ether oxygens (including phenoxy) is 1. The average molecular weight is 278 g/mol. The Morgan fingerprint density at radius 2 is 2.05 bits per heavy atom. The third kappa shape index (κ3) is 2.60. The van der Waals surface area contributed by atoms with E-state index in [4.69, 9.17) is 4.74 Å². The van der Waals surface area contributed by atoms with Gasteiger partial charge in [-0.15, -0.1) is 0 Å². The first-order chi connectivity index (χ1) is 10.3. The van der Waals surface area contributed by atoms with Crippen LogP contribution in [-0.4, -0.2) is 22.4 Å². The van der Waals surface area contributed by atoms with Gasteiger partial charge >= 0.3 is 0 Å². The number of carbonyl (C=O) groups is 1. The molecule has 0 radical (unpaired) electrons. The van der Waals surface area contributed by atoms with Gasteiger partial charge in [0.1, 0.15) is 5.75 Å². The molecule has 2 aromatic heterocycles. The normalized spacial score (nSPS) is 10.5. The summed E-state index contributed by atoms with van der Waals surface area (Å²) < 4.78 is 5.39. The van der Waals surface area contributed by atoms with E-state index in [1.807, 2.05) is 31.2 Å².